The standard InChI is InChI=1S/C23H46O3/c1-2-3-4-5-6-7-8-9-10-11-12-13-14-15-16-17-18-19-20-21-22(24)23(25)26/h22,24H,2-21H2,1H3,(H,25,26)/t22-/m0/s1. The smallest absolute Gasteiger partial charge is 0.332 e. The Balaban J connectivity index is 3.04. The Morgan fingerprint density at radius 2 is 0.846 bits per heavy atom. The van der Waals surface area contributed by atoms with Crippen molar-refractivity contribution in [1.82, 2.24) is 0 Å². The van der Waals surface area contributed by atoms with Gasteiger partial charge in [-0.2, -0.15) is 0 Å². The fourth-order valence-corrected chi connectivity index (χ4v) is 3.54. The molecule has 0 aliphatic rings. The zero-order chi connectivity index (χ0) is 19.3. The highest BCUT2D eigenvalue weighted by atomic mass is 16.4. The van der Waals surface area contributed by atoms with Crippen LogP contribution in [0.1, 0.15) is 135 Å². The number of carbonyl (C=O) groups is 1. The first-order chi connectivity index (χ1) is 12.7. The number of carboxylic acid groups (broad SMARTS) is 1. The lowest BCUT2D eigenvalue weighted by Crippen LogP contribution is -2.18. The van der Waals surface area contributed by atoms with Crippen molar-refractivity contribution in [2.45, 2.75) is 141 Å². The van der Waals surface area contributed by atoms with Gasteiger partial charge in [-0.25, -0.2) is 4.79 Å². The van der Waals surface area contributed by atoms with Crippen molar-refractivity contribution < 1.29 is 15.0 Å². The van der Waals surface area contributed by atoms with E-state index in [4.69, 9.17) is 5.11 Å². The van der Waals surface area contributed by atoms with Gasteiger partial charge in [0.05, 0.1) is 0 Å². The zero-order valence-corrected chi connectivity index (χ0v) is 17.5. The molecule has 3 nitrogen and oxygen atoms in total. The largest absolute Gasteiger partial charge is 0.479 e. The molecule has 0 fully saturated rings. The van der Waals surface area contributed by atoms with Gasteiger partial charge in [0.1, 0.15) is 0 Å². The van der Waals surface area contributed by atoms with Gasteiger partial charge in [0, 0.05) is 0 Å². The van der Waals surface area contributed by atoms with Crippen LogP contribution >= 0.6 is 0 Å². The Morgan fingerprint density at radius 1 is 0.577 bits per heavy atom. The Morgan fingerprint density at radius 3 is 1.12 bits per heavy atom. The van der Waals surface area contributed by atoms with Crippen LogP contribution in [-0.2, 0) is 4.79 Å². The van der Waals surface area contributed by atoms with Crippen LogP contribution < -0.4 is 0 Å². The lowest BCUT2D eigenvalue weighted by molar-refractivity contribution is -0.146. The maximum atomic E-state index is 10.5. The van der Waals surface area contributed by atoms with Crippen molar-refractivity contribution in [3.05, 3.63) is 0 Å². The highest BCUT2D eigenvalue weighted by Crippen LogP contribution is 2.15. The maximum Gasteiger partial charge on any atom is 0.332 e. The van der Waals surface area contributed by atoms with Crippen LogP contribution in [0.3, 0.4) is 0 Å². The van der Waals surface area contributed by atoms with E-state index >= 15 is 0 Å². The molecule has 2 N–H and O–H groups in total. The number of unbranched alkanes of at least 4 members (excludes halogenated alkanes) is 18. The van der Waals surface area contributed by atoms with Crippen molar-refractivity contribution in [3.8, 4) is 0 Å². The van der Waals surface area contributed by atoms with Gasteiger partial charge in [0.2, 0.25) is 0 Å². The third kappa shape index (κ3) is 19.8. The molecule has 0 saturated carbocycles. The first-order valence-electron chi connectivity index (χ1n) is 11.6. The van der Waals surface area contributed by atoms with Crippen molar-refractivity contribution in [1.29, 1.82) is 0 Å². The molecular weight excluding hydrogens is 324 g/mol. The van der Waals surface area contributed by atoms with Crippen LogP contribution in [0.15, 0.2) is 0 Å². The van der Waals surface area contributed by atoms with E-state index < -0.39 is 12.1 Å². The van der Waals surface area contributed by atoms with E-state index in [-0.39, 0.29) is 0 Å². The van der Waals surface area contributed by atoms with Gasteiger partial charge in [-0.3, -0.25) is 0 Å². The summed E-state index contributed by atoms with van der Waals surface area (Å²) in [6.45, 7) is 2.28. The molecule has 0 unspecified atom stereocenters. The molecule has 156 valence electrons. The first kappa shape index (κ1) is 25.4. The lowest BCUT2D eigenvalue weighted by atomic mass is 10.0. The summed E-state index contributed by atoms with van der Waals surface area (Å²) in [6, 6.07) is 0. The predicted octanol–water partition coefficient (Wildman–Crippen LogP) is 7.25. The Bertz CT molecular complexity index is 291. The minimum Gasteiger partial charge on any atom is -0.479 e. The monoisotopic (exact) mass is 370 g/mol. The summed E-state index contributed by atoms with van der Waals surface area (Å²) in [5.41, 5.74) is 0. The molecule has 0 rings (SSSR count). The van der Waals surface area contributed by atoms with E-state index in [9.17, 15) is 9.90 Å². The van der Waals surface area contributed by atoms with Gasteiger partial charge in [0.15, 0.2) is 6.10 Å². The number of aliphatic carboxylic acids is 1. The van der Waals surface area contributed by atoms with Crippen molar-refractivity contribution in [3.63, 3.8) is 0 Å². The van der Waals surface area contributed by atoms with E-state index in [0.29, 0.717) is 6.42 Å². The van der Waals surface area contributed by atoms with Crippen LogP contribution in [0.2, 0.25) is 0 Å². The van der Waals surface area contributed by atoms with E-state index in [0.717, 1.165) is 12.8 Å². The highest BCUT2D eigenvalue weighted by Gasteiger charge is 2.11. The van der Waals surface area contributed by atoms with E-state index in [2.05, 4.69) is 6.92 Å². The van der Waals surface area contributed by atoms with Crippen LogP contribution in [0.25, 0.3) is 0 Å². The summed E-state index contributed by atoms with van der Waals surface area (Å²) >= 11 is 0. The summed E-state index contributed by atoms with van der Waals surface area (Å²) in [5, 5.41) is 17.8. The molecule has 0 aromatic rings. The van der Waals surface area contributed by atoms with Crippen LogP contribution in [0.5, 0.6) is 0 Å². The molecule has 0 amide bonds. The second-order valence-electron chi connectivity index (χ2n) is 8.01. The second-order valence-corrected chi connectivity index (χ2v) is 8.01. The fraction of sp³-hybridized carbons (Fsp3) is 0.957. The minimum absolute atomic E-state index is 0.397. The Labute approximate surface area is 163 Å². The number of aliphatic hydroxyl groups excluding tert-OH is 1. The number of hydrogen-bond acceptors (Lipinski definition) is 2. The third-order valence-corrected chi connectivity index (χ3v) is 5.37. The van der Waals surface area contributed by atoms with Crippen LogP contribution in [-0.4, -0.2) is 22.3 Å². The average Bonchev–Trinajstić information content (AvgIpc) is 2.63. The number of aliphatic hydroxyl groups is 1. The molecule has 0 bridgehead atoms. The number of carboxylic acids is 1. The molecule has 0 aromatic carbocycles. The summed E-state index contributed by atoms with van der Waals surface area (Å²) in [5.74, 6) is -1.09. The molecule has 0 aliphatic heterocycles. The molecule has 0 spiro atoms. The predicted molar refractivity (Wildman–Crippen MR) is 112 cm³/mol. The topological polar surface area (TPSA) is 57.5 Å². The lowest BCUT2D eigenvalue weighted by Gasteiger charge is -2.05. The highest BCUT2D eigenvalue weighted by molar-refractivity contribution is 5.71. The van der Waals surface area contributed by atoms with Gasteiger partial charge >= 0.3 is 5.97 Å². The third-order valence-electron chi connectivity index (χ3n) is 5.37. The Kier molecular flexibility index (Phi) is 20.3. The first-order valence-corrected chi connectivity index (χ1v) is 11.6. The van der Waals surface area contributed by atoms with E-state index in [1.165, 1.54) is 109 Å². The quantitative estimate of drug-likeness (QED) is 0.209. The molecule has 0 radical (unpaired) electrons. The molecule has 26 heavy (non-hydrogen) atoms. The van der Waals surface area contributed by atoms with Crippen molar-refractivity contribution in [2.24, 2.45) is 0 Å². The fourth-order valence-electron chi connectivity index (χ4n) is 3.54. The zero-order valence-electron chi connectivity index (χ0n) is 17.5. The molecule has 1 atom stereocenters. The van der Waals surface area contributed by atoms with Gasteiger partial charge < -0.3 is 10.2 Å². The molecular formula is C23H46O3. The minimum atomic E-state index is -1.17. The molecule has 3 heteroatoms. The Hall–Kier alpha value is -0.570. The number of hydrogen-bond donors (Lipinski definition) is 2. The summed E-state index contributed by atoms with van der Waals surface area (Å²) in [7, 11) is 0. The van der Waals surface area contributed by atoms with E-state index in [1.807, 2.05) is 0 Å². The molecule has 0 saturated heterocycles. The molecule has 0 aliphatic carbocycles. The molecule has 0 heterocycles. The van der Waals surface area contributed by atoms with Crippen molar-refractivity contribution >= 4 is 5.97 Å². The summed E-state index contributed by atoms with van der Waals surface area (Å²) in [6.07, 6.45) is 24.6. The SMILES string of the molecule is CCCCCCCCCCCCCCCCCCCCC[C@H](O)C(=O)O. The van der Waals surface area contributed by atoms with Gasteiger partial charge in [-0.1, -0.05) is 129 Å². The van der Waals surface area contributed by atoms with Gasteiger partial charge in [0.25, 0.3) is 0 Å². The van der Waals surface area contributed by atoms with E-state index in [1.54, 1.807) is 0 Å². The number of rotatable bonds is 21. The van der Waals surface area contributed by atoms with Gasteiger partial charge in [-0.05, 0) is 6.42 Å². The van der Waals surface area contributed by atoms with Gasteiger partial charge in [-0.15, -0.1) is 0 Å². The summed E-state index contributed by atoms with van der Waals surface area (Å²) in [4.78, 5) is 10.5. The maximum absolute atomic E-state index is 10.5. The summed E-state index contributed by atoms with van der Waals surface area (Å²) < 4.78 is 0. The molecule has 0 aromatic heterocycles. The normalized spacial score (nSPS) is 12.4. The second kappa shape index (κ2) is 20.7. The average molecular weight is 371 g/mol. The van der Waals surface area contributed by atoms with Crippen LogP contribution in [0, 0.1) is 0 Å². The van der Waals surface area contributed by atoms with Crippen molar-refractivity contribution in [2.75, 3.05) is 0 Å². The van der Waals surface area contributed by atoms with Crippen LogP contribution in [0.4, 0.5) is 0 Å².